The van der Waals surface area contributed by atoms with Crippen molar-refractivity contribution in [3.63, 3.8) is 0 Å². The number of likely N-dealkylation sites (tertiary alicyclic amines) is 2. The number of hydrogen-bond acceptors (Lipinski definition) is 3. The molecular weight excluding hydrogens is 326 g/mol. The van der Waals surface area contributed by atoms with E-state index in [-0.39, 0.29) is 23.8 Å². The van der Waals surface area contributed by atoms with Crippen molar-refractivity contribution in [3.05, 3.63) is 30.3 Å². The summed E-state index contributed by atoms with van der Waals surface area (Å²) >= 11 is 0. The molecule has 0 radical (unpaired) electrons. The molecule has 1 N–H and O–H groups in total. The van der Waals surface area contributed by atoms with Crippen LogP contribution in [0, 0.1) is 5.92 Å². The molecule has 0 spiro atoms. The van der Waals surface area contributed by atoms with Crippen LogP contribution in [0.15, 0.2) is 30.3 Å². The van der Waals surface area contributed by atoms with Gasteiger partial charge in [0.05, 0.1) is 12.0 Å². The van der Waals surface area contributed by atoms with Crippen LogP contribution in [0.2, 0.25) is 0 Å². The third-order valence-electron chi connectivity index (χ3n) is 5.69. The second kappa shape index (κ2) is 9.17. The monoisotopic (exact) mass is 357 g/mol. The molecule has 2 atom stereocenters. The summed E-state index contributed by atoms with van der Waals surface area (Å²) in [4.78, 5) is 29.8. The zero-order chi connectivity index (χ0) is 18.4. The molecule has 1 aromatic rings. The highest BCUT2D eigenvalue weighted by Gasteiger charge is 2.32. The fraction of sp³-hybridized carbons (Fsp3) is 0.619. The fourth-order valence-electron chi connectivity index (χ4n) is 4.05. The first-order chi connectivity index (χ1) is 12.6. The van der Waals surface area contributed by atoms with E-state index in [2.05, 4.69) is 10.2 Å². The molecule has 2 saturated heterocycles. The van der Waals surface area contributed by atoms with Gasteiger partial charge in [0, 0.05) is 25.3 Å². The topological polar surface area (TPSA) is 52.7 Å². The van der Waals surface area contributed by atoms with E-state index in [1.54, 1.807) is 0 Å². The van der Waals surface area contributed by atoms with Gasteiger partial charge in [0.15, 0.2) is 0 Å². The van der Waals surface area contributed by atoms with Crippen molar-refractivity contribution in [1.29, 1.82) is 0 Å². The summed E-state index contributed by atoms with van der Waals surface area (Å²) in [7, 11) is 0. The summed E-state index contributed by atoms with van der Waals surface area (Å²) in [5.74, 6) is 0.245. The van der Waals surface area contributed by atoms with E-state index in [4.69, 9.17) is 0 Å². The molecule has 0 aliphatic carbocycles. The predicted octanol–water partition coefficient (Wildman–Crippen LogP) is 3.13. The molecule has 142 valence electrons. The van der Waals surface area contributed by atoms with Crippen molar-refractivity contribution >= 4 is 17.5 Å². The molecule has 2 amide bonds. The van der Waals surface area contributed by atoms with Crippen molar-refractivity contribution in [1.82, 2.24) is 9.80 Å². The summed E-state index contributed by atoms with van der Waals surface area (Å²) in [6, 6.07) is 9.46. The molecule has 2 heterocycles. The van der Waals surface area contributed by atoms with E-state index in [1.807, 2.05) is 42.2 Å². The quantitative estimate of drug-likeness (QED) is 0.901. The lowest BCUT2D eigenvalue weighted by atomic mass is 9.95. The molecule has 3 rings (SSSR count). The van der Waals surface area contributed by atoms with Crippen LogP contribution < -0.4 is 5.32 Å². The third-order valence-corrected chi connectivity index (χ3v) is 5.69. The smallest absolute Gasteiger partial charge is 0.239 e. The SMILES string of the molecule is C[C@H](C(=O)N1CCCCCC1)N1CCC[C@@H](C(=O)Nc2ccccc2)C1. The molecule has 1 aromatic carbocycles. The third kappa shape index (κ3) is 4.85. The number of carbonyl (C=O) groups excluding carboxylic acids is 2. The van der Waals surface area contributed by atoms with Gasteiger partial charge in [-0.3, -0.25) is 14.5 Å². The first kappa shape index (κ1) is 18.9. The van der Waals surface area contributed by atoms with E-state index in [9.17, 15) is 9.59 Å². The van der Waals surface area contributed by atoms with Gasteiger partial charge in [0.2, 0.25) is 11.8 Å². The van der Waals surface area contributed by atoms with Crippen LogP contribution in [-0.4, -0.2) is 53.8 Å². The van der Waals surface area contributed by atoms with Crippen molar-refractivity contribution in [2.45, 2.75) is 51.5 Å². The minimum absolute atomic E-state index is 0.0525. The molecule has 5 nitrogen and oxygen atoms in total. The van der Waals surface area contributed by atoms with Crippen molar-refractivity contribution in [2.24, 2.45) is 5.92 Å². The lowest BCUT2D eigenvalue weighted by Crippen LogP contribution is -2.52. The standard InChI is InChI=1S/C21H31N3O2/c1-17(21(26)23-13-7-2-3-8-14-23)24-15-9-10-18(16-24)20(25)22-19-11-5-4-6-12-19/h4-6,11-12,17-18H,2-3,7-10,13-16H2,1H3,(H,22,25)/t17-,18-/m1/s1. The van der Waals surface area contributed by atoms with Gasteiger partial charge in [-0.05, 0) is 51.3 Å². The maximum absolute atomic E-state index is 12.9. The number of para-hydroxylation sites is 1. The minimum atomic E-state index is -0.138. The van der Waals surface area contributed by atoms with E-state index in [0.29, 0.717) is 6.54 Å². The largest absolute Gasteiger partial charge is 0.341 e. The van der Waals surface area contributed by atoms with Crippen molar-refractivity contribution < 1.29 is 9.59 Å². The van der Waals surface area contributed by atoms with E-state index >= 15 is 0 Å². The van der Waals surface area contributed by atoms with Crippen LogP contribution in [0.3, 0.4) is 0 Å². The number of hydrogen-bond donors (Lipinski definition) is 1. The second-order valence-corrected chi connectivity index (χ2v) is 7.60. The molecule has 2 aliphatic rings. The van der Waals surface area contributed by atoms with Gasteiger partial charge in [-0.15, -0.1) is 0 Å². The van der Waals surface area contributed by atoms with E-state index in [0.717, 1.165) is 51.0 Å². The summed E-state index contributed by atoms with van der Waals surface area (Å²) in [6.07, 6.45) is 6.53. The second-order valence-electron chi connectivity index (χ2n) is 7.60. The van der Waals surface area contributed by atoms with Crippen molar-refractivity contribution in [2.75, 3.05) is 31.5 Å². The zero-order valence-corrected chi connectivity index (χ0v) is 15.8. The molecule has 0 unspecified atom stereocenters. The Kier molecular flexibility index (Phi) is 6.67. The van der Waals surface area contributed by atoms with Gasteiger partial charge in [-0.2, -0.15) is 0 Å². The number of nitrogens with zero attached hydrogens (tertiary/aromatic N) is 2. The number of amides is 2. The van der Waals surface area contributed by atoms with Crippen LogP contribution in [-0.2, 0) is 9.59 Å². The average Bonchev–Trinajstić information content (AvgIpc) is 2.97. The molecule has 0 bridgehead atoms. The normalized spacial score (nSPS) is 23.1. The Morgan fingerprint density at radius 2 is 1.69 bits per heavy atom. The van der Waals surface area contributed by atoms with Crippen LogP contribution in [0.4, 0.5) is 5.69 Å². The number of rotatable bonds is 4. The van der Waals surface area contributed by atoms with Gasteiger partial charge in [-0.25, -0.2) is 0 Å². The molecule has 2 fully saturated rings. The highest BCUT2D eigenvalue weighted by atomic mass is 16.2. The number of anilines is 1. The number of carbonyl (C=O) groups is 2. The summed E-state index contributed by atoms with van der Waals surface area (Å²) in [6.45, 7) is 5.34. The molecule has 2 aliphatic heterocycles. The molecule has 0 aromatic heterocycles. The predicted molar refractivity (Wildman–Crippen MR) is 104 cm³/mol. The van der Waals surface area contributed by atoms with Gasteiger partial charge in [0.1, 0.15) is 0 Å². The molecule has 5 heteroatoms. The summed E-state index contributed by atoms with van der Waals surface area (Å²) in [5, 5.41) is 3.01. The Labute approximate surface area is 156 Å². The van der Waals surface area contributed by atoms with E-state index < -0.39 is 0 Å². The van der Waals surface area contributed by atoms with Gasteiger partial charge in [0.25, 0.3) is 0 Å². The minimum Gasteiger partial charge on any atom is -0.341 e. The number of benzene rings is 1. The Morgan fingerprint density at radius 3 is 2.38 bits per heavy atom. The van der Waals surface area contributed by atoms with Gasteiger partial charge in [-0.1, -0.05) is 31.0 Å². The molecule has 0 saturated carbocycles. The maximum Gasteiger partial charge on any atom is 0.239 e. The Morgan fingerprint density at radius 1 is 1.00 bits per heavy atom. The number of piperidine rings is 1. The van der Waals surface area contributed by atoms with Crippen LogP contribution in [0.5, 0.6) is 0 Å². The first-order valence-electron chi connectivity index (χ1n) is 10.0. The molecular formula is C21H31N3O2. The lowest BCUT2D eigenvalue weighted by Gasteiger charge is -2.37. The average molecular weight is 357 g/mol. The van der Waals surface area contributed by atoms with Crippen LogP contribution >= 0.6 is 0 Å². The highest BCUT2D eigenvalue weighted by Crippen LogP contribution is 2.22. The number of nitrogens with one attached hydrogen (secondary N) is 1. The van der Waals surface area contributed by atoms with Gasteiger partial charge >= 0.3 is 0 Å². The first-order valence-corrected chi connectivity index (χ1v) is 10.0. The Hall–Kier alpha value is -1.88. The Balaban J connectivity index is 1.56. The lowest BCUT2D eigenvalue weighted by molar-refractivity contribution is -0.138. The van der Waals surface area contributed by atoms with E-state index in [1.165, 1.54) is 12.8 Å². The summed E-state index contributed by atoms with van der Waals surface area (Å²) in [5.41, 5.74) is 0.836. The fourth-order valence-corrected chi connectivity index (χ4v) is 4.05. The highest BCUT2D eigenvalue weighted by molar-refractivity contribution is 5.92. The summed E-state index contributed by atoms with van der Waals surface area (Å²) < 4.78 is 0. The Bertz CT molecular complexity index is 597. The molecule has 26 heavy (non-hydrogen) atoms. The van der Waals surface area contributed by atoms with Gasteiger partial charge < -0.3 is 10.2 Å². The zero-order valence-electron chi connectivity index (χ0n) is 15.8. The van der Waals surface area contributed by atoms with Crippen LogP contribution in [0.25, 0.3) is 0 Å². The maximum atomic E-state index is 12.9. The van der Waals surface area contributed by atoms with Crippen LogP contribution in [0.1, 0.15) is 45.4 Å². The van der Waals surface area contributed by atoms with Crippen molar-refractivity contribution in [3.8, 4) is 0 Å².